The molecule has 1 heterocycles. The van der Waals surface area contributed by atoms with Gasteiger partial charge in [0.2, 0.25) is 11.8 Å². The summed E-state index contributed by atoms with van der Waals surface area (Å²) in [5, 5.41) is 33.6. The summed E-state index contributed by atoms with van der Waals surface area (Å²) in [7, 11) is 1.48. The Kier molecular flexibility index (Phi) is 8.08. The van der Waals surface area contributed by atoms with Crippen LogP contribution in [0.15, 0.2) is 48.5 Å². The van der Waals surface area contributed by atoms with Gasteiger partial charge in [0.1, 0.15) is 12.1 Å². The lowest BCUT2D eigenvalue weighted by atomic mass is 9.45. The van der Waals surface area contributed by atoms with Crippen LogP contribution in [-0.2, 0) is 20.9 Å². The predicted molar refractivity (Wildman–Crippen MR) is 153 cm³/mol. The van der Waals surface area contributed by atoms with Gasteiger partial charge >= 0.3 is 0 Å². The molecule has 1 saturated heterocycles. The van der Waals surface area contributed by atoms with Gasteiger partial charge in [0.25, 0.3) is 0 Å². The molecule has 4 unspecified atom stereocenters. The van der Waals surface area contributed by atoms with E-state index in [0.717, 1.165) is 23.1 Å². The van der Waals surface area contributed by atoms with Crippen LogP contribution in [0.4, 0.5) is 0 Å². The summed E-state index contributed by atoms with van der Waals surface area (Å²) in [4.78, 5) is 20.0. The second-order valence-corrected chi connectivity index (χ2v) is 12.5. The maximum atomic E-state index is 13.9. The maximum Gasteiger partial charge on any atom is 0.240 e. The molecule has 2 bridgehead atoms. The number of ether oxygens (including phenoxy) is 1. The average Bonchev–Trinajstić information content (AvgIpc) is 3.32. The second kappa shape index (κ2) is 11.2. The fourth-order valence-corrected chi connectivity index (χ4v) is 7.45. The van der Waals surface area contributed by atoms with Gasteiger partial charge in [-0.2, -0.15) is 5.06 Å². The molecule has 4 fully saturated rings. The lowest BCUT2D eigenvalue weighted by Crippen LogP contribution is -2.62. The van der Waals surface area contributed by atoms with Gasteiger partial charge in [0, 0.05) is 17.5 Å². The van der Waals surface area contributed by atoms with Gasteiger partial charge in [-0.1, -0.05) is 51.1 Å². The van der Waals surface area contributed by atoms with Crippen LogP contribution in [0.3, 0.4) is 0 Å². The van der Waals surface area contributed by atoms with Gasteiger partial charge in [0.05, 0.1) is 26.4 Å². The third kappa shape index (κ3) is 5.18. The first-order valence-electron chi connectivity index (χ1n) is 14.4. The number of aliphatic hydroxyl groups excluding tert-OH is 2. The standard InChI is InChI=1S/C32H43N3O5/c1-18-25-14-24(32(25,3)4)15-26(18)34-31(38)29-28(19(2)37)27(17-36)40-35(29)16-20-7-6-8-23(13-20)21-9-11-22(12-10-21)30(33)39-5/h6-13,18-19,24-29,33,36-37H,14-17H2,1-5H3,(H,34,38)/t18?,19?,24-,25+,26?,27?,28+,29-/m0/s1. The fourth-order valence-electron chi connectivity index (χ4n) is 7.45. The zero-order valence-corrected chi connectivity index (χ0v) is 24.1. The summed E-state index contributed by atoms with van der Waals surface area (Å²) in [6, 6.07) is 15.0. The first-order chi connectivity index (χ1) is 19.0. The molecule has 2 aromatic rings. The number of hydrogen-bond acceptors (Lipinski definition) is 7. The lowest BCUT2D eigenvalue weighted by molar-refractivity contribution is -0.183. The van der Waals surface area contributed by atoms with Crippen molar-refractivity contribution in [3.63, 3.8) is 0 Å². The number of aliphatic hydroxyl groups is 2. The van der Waals surface area contributed by atoms with Gasteiger partial charge in [-0.05, 0) is 77.8 Å². The van der Waals surface area contributed by atoms with Crippen LogP contribution in [0.25, 0.3) is 11.1 Å². The Morgan fingerprint density at radius 2 is 1.93 bits per heavy atom. The quantitative estimate of drug-likeness (QED) is 0.293. The van der Waals surface area contributed by atoms with Crippen molar-refractivity contribution in [1.29, 1.82) is 5.41 Å². The SMILES string of the molecule is COC(=N)c1ccc(-c2cccc(CN3OC(CO)[C@@H](C(C)O)[C@H]3C(=O)NC3C[C@@H]4C[C@H](C3C)C4(C)C)c2)cc1. The molecule has 8 heteroatoms. The molecular formula is C32H43N3O5. The minimum absolute atomic E-state index is 0.0971. The highest BCUT2D eigenvalue weighted by atomic mass is 16.7. The van der Waals surface area contributed by atoms with E-state index < -0.39 is 24.2 Å². The summed E-state index contributed by atoms with van der Waals surface area (Å²) >= 11 is 0. The van der Waals surface area contributed by atoms with Crippen LogP contribution in [0.5, 0.6) is 0 Å². The number of methoxy groups -OCH3 is 1. The van der Waals surface area contributed by atoms with Crippen LogP contribution in [-0.4, -0.2) is 65.1 Å². The fraction of sp³-hybridized carbons (Fsp3) is 0.562. The second-order valence-electron chi connectivity index (χ2n) is 12.5. The van der Waals surface area contributed by atoms with Crippen molar-refractivity contribution in [3.8, 4) is 11.1 Å². The number of hydroxylamine groups is 2. The Morgan fingerprint density at radius 3 is 2.52 bits per heavy atom. The highest BCUT2D eigenvalue weighted by Crippen LogP contribution is 2.61. The first-order valence-corrected chi connectivity index (χ1v) is 14.4. The molecule has 0 spiro atoms. The smallest absolute Gasteiger partial charge is 0.240 e. The van der Waals surface area contributed by atoms with Crippen LogP contribution >= 0.6 is 0 Å². The van der Waals surface area contributed by atoms with E-state index in [4.69, 9.17) is 15.0 Å². The van der Waals surface area contributed by atoms with Crippen molar-refractivity contribution in [1.82, 2.24) is 10.4 Å². The minimum atomic E-state index is -0.829. The Hall–Kier alpha value is -2.78. The lowest BCUT2D eigenvalue weighted by Gasteiger charge is -2.62. The molecule has 1 amide bonds. The number of nitrogens with one attached hydrogen (secondary N) is 2. The number of amides is 1. The van der Waals surface area contributed by atoms with Crippen molar-refractivity contribution in [3.05, 3.63) is 59.7 Å². The van der Waals surface area contributed by atoms with Crippen molar-refractivity contribution >= 4 is 11.8 Å². The molecule has 0 radical (unpaired) electrons. The Morgan fingerprint density at radius 1 is 1.20 bits per heavy atom. The number of carbonyl (C=O) groups is 1. The van der Waals surface area contributed by atoms with Gasteiger partial charge in [-0.15, -0.1) is 0 Å². The molecule has 4 N–H and O–H groups in total. The third-order valence-electron chi connectivity index (χ3n) is 10.0. The Balaban J connectivity index is 1.35. The van der Waals surface area contributed by atoms with E-state index in [-0.39, 0.29) is 24.5 Å². The summed E-state index contributed by atoms with van der Waals surface area (Å²) in [6.45, 7) is 8.64. The Bertz CT molecular complexity index is 1230. The molecule has 0 aromatic heterocycles. The summed E-state index contributed by atoms with van der Waals surface area (Å²) in [6.07, 6.45) is 0.705. The summed E-state index contributed by atoms with van der Waals surface area (Å²) in [5.41, 5.74) is 3.96. The monoisotopic (exact) mass is 549 g/mol. The summed E-state index contributed by atoms with van der Waals surface area (Å²) in [5.74, 6) is 1.01. The van der Waals surface area contributed by atoms with Crippen molar-refractivity contribution < 1.29 is 24.6 Å². The number of rotatable bonds is 8. The third-order valence-corrected chi connectivity index (χ3v) is 10.0. The molecule has 8 atom stereocenters. The Labute approximate surface area is 237 Å². The average molecular weight is 550 g/mol. The van der Waals surface area contributed by atoms with E-state index in [1.54, 1.807) is 12.0 Å². The number of benzene rings is 2. The van der Waals surface area contributed by atoms with Crippen LogP contribution in [0.1, 0.15) is 51.7 Å². The normalized spacial score (nSPS) is 31.7. The van der Waals surface area contributed by atoms with Crippen LogP contribution in [0.2, 0.25) is 0 Å². The molecule has 1 aliphatic heterocycles. The predicted octanol–water partition coefficient (Wildman–Crippen LogP) is 3.99. The molecule has 6 rings (SSSR count). The van der Waals surface area contributed by atoms with E-state index in [1.807, 2.05) is 42.5 Å². The number of nitrogens with zero attached hydrogens (tertiary/aromatic N) is 1. The van der Waals surface area contributed by atoms with Crippen molar-refractivity contribution in [2.24, 2.45) is 29.1 Å². The molecule has 3 aliphatic carbocycles. The topological polar surface area (TPSA) is 115 Å². The highest BCUT2D eigenvalue weighted by Gasteiger charge is 2.57. The van der Waals surface area contributed by atoms with E-state index in [1.165, 1.54) is 13.5 Å². The van der Waals surface area contributed by atoms with Crippen LogP contribution in [0, 0.1) is 34.5 Å². The number of hydrogen-bond donors (Lipinski definition) is 4. The first kappa shape index (κ1) is 28.7. The van der Waals surface area contributed by atoms with Gasteiger partial charge in [-0.3, -0.25) is 15.0 Å². The molecule has 3 saturated carbocycles. The zero-order valence-electron chi connectivity index (χ0n) is 24.1. The van der Waals surface area contributed by atoms with Gasteiger partial charge < -0.3 is 20.3 Å². The molecule has 8 nitrogen and oxygen atoms in total. The van der Waals surface area contributed by atoms with Crippen LogP contribution < -0.4 is 5.32 Å². The molecule has 216 valence electrons. The van der Waals surface area contributed by atoms with E-state index in [2.05, 4.69) is 32.2 Å². The van der Waals surface area contributed by atoms with Crippen molar-refractivity contribution in [2.75, 3.05) is 13.7 Å². The van der Waals surface area contributed by atoms with Gasteiger partial charge in [-0.25, -0.2) is 0 Å². The van der Waals surface area contributed by atoms with E-state index in [0.29, 0.717) is 35.3 Å². The molecule has 40 heavy (non-hydrogen) atoms. The van der Waals surface area contributed by atoms with Gasteiger partial charge in [0.15, 0.2) is 0 Å². The number of carbonyl (C=O) groups excluding carboxylic acids is 1. The maximum absolute atomic E-state index is 13.9. The van der Waals surface area contributed by atoms with E-state index >= 15 is 0 Å². The minimum Gasteiger partial charge on any atom is -0.481 e. The van der Waals surface area contributed by atoms with E-state index in [9.17, 15) is 15.0 Å². The highest BCUT2D eigenvalue weighted by molar-refractivity contribution is 5.92. The van der Waals surface area contributed by atoms with Crippen molar-refractivity contribution in [2.45, 2.75) is 71.4 Å². The summed E-state index contributed by atoms with van der Waals surface area (Å²) < 4.78 is 5.01. The zero-order chi connectivity index (χ0) is 28.8. The number of fused-ring (bicyclic) bond motifs is 2. The molecular weight excluding hydrogens is 506 g/mol. The largest absolute Gasteiger partial charge is 0.481 e. The molecule has 4 aliphatic rings. The molecule has 2 aromatic carbocycles.